The molecule has 3 fully saturated rings. The first-order chi connectivity index (χ1) is 10.1. The molecule has 2 saturated carbocycles. The minimum absolute atomic E-state index is 0.0409. The molecule has 0 aromatic heterocycles. The molecule has 3 rings (SSSR count). The molecule has 4 nitrogen and oxygen atoms in total. The van der Waals surface area contributed by atoms with Crippen LogP contribution in [0.2, 0.25) is 0 Å². The lowest BCUT2D eigenvalue weighted by molar-refractivity contribution is -0.158. The third-order valence-electron chi connectivity index (χ3n) is 6.03. The molecule has 1 heterocycles. The van der Waals surface area contributed by atoms with Gasteiger partial charge in [-0.15, -0.1) is 0 Å². The normalized spacial score (nSPS) is 31.5. The Balaban J connectivity index is 1.83. The van der Waals surface area contributed by atoms with Gasteiger partial charge in [-0.25, -0.2) is 0 Å². The van der Waals surface area contributed by atoms with E-state index in [9.17, 15) is 9.59 Å². The Morgan fingerprint density at radius 3 is 2.33 bits per heavy atom. The van der Waals surface area contributed by atoms with Crippen molar-refractivity contribution in [1.82, 2.24) is 10.2 Å². The molecule has 0 radical (unpaired) electrons. The first-order valence-corrected chi connectivity index (χ1v) is 8.70. The van der Waals surface area contributed by atoms with Crippen LogP contribution in [0, 0.1) is 5.92 Å². The van der Waals surface area contributed by atoms with Gasteiger partial charge < -0.3 is 10.2 Å². The van der Waals surface area contributed by atoms with Gasteiger partial charge in [0.1, 0.15) is 11.6 Å². The first kappa shape index (κ1) is 14.9. The van der Waals surface area contributed by atoms with E-state index in [1.54, 1.807) is 0 Å². The highest BCUT2D eigenvalue weighted by Gasteiger charge is 2.52. The summed E-state index contributed by atoms with van der Waals surface area (Å²) >= 11 is 0. The minimum atomic E-state index is -0.577. The first-order valence-electron chi connectivity index (χ1n) is 8.70. The number of hydrogen-bond donors (Lipinski definition) is 1. The van der Waals surface area contributed by atoms with Gasteiger partial charge in [-0.1, -0.05) is 32.1 Å². The molecule has 118 valence electrons. The van der Waals surface area contributed by atoms with Gasteiger partial charge in [0.05, 0.1) is 0 Å². The van der Waals surface area contributed by atoms with Crippen LogP contribution < -0.4 is 5.32 Å². The maximum absolute atomic E-state index is 13.1. The van der Waals surface area contributed by atoms with Crippen LogP contribution in [0.3, 0.4) is 0 Å². The molecule has 2 atom stereocenters. The van der Waals surface area contributed by atoms with Gasteiger partial charge in [0.25, 0.3) is 0 Å². The number of amides is 2. The SMILES string of the molecule is CC1C(=O)NC2(CCCC2)C(=O)N1C(C)C1CCCCC1. The van der Waals surface area contributed by atoms with Crippen LogP contribution in [-0.2, 0) is 9.59 Å². The number of nitrogens with one attached hydrogen (secondary N) is 1. The smallest absolute Gasteiger partial charge is 0.249 e. The fourth-order valence-electron chi connectivity index (χ4n) is 4.64. The summed E-state index contributed by atoms with van der Waals surface area (Å²) in [7, 11) is 0. The molecule has 0 aromatic carbocycles. The van der Waals surface area contributed by atoms with Gasteiger partial charge in [-0.05, 0) is 45.4 Å². The monoisotopic (exact) mass is 292 g/mol. The molecule has 2 amide bonds. The maximum Gasteiger partial charge on any atom is 0.249 e. The molecule has 1 spiro atoms. The lowest BCUT2D eigenvalue weighted by Crippen LogP contribution is -2.70. The van der Waals surface area contributed by atoms with Crippen molar-refractivity contribution >= 4 is 11.8 Å². The Morgan fingerprint density at radius 1 is 1.10 bits per heavy atom. The van der Waals surface area contributed by atoms with Crippen molar-refractivity contribution in [2.24, 2.45) is 5.92 Å². The fraction of sp³-hybridized carbons (Fsp3) is 0.882. The largest absolute Gasteiger partial charge is 0.340 e. The highest BCUT2D eigenvalue weighted by molar-refractivity contribution is 6.00. The molecule has 0 bridgehead atoms. The van der Waals surface area contributed by atoms with E-state index < -0.39 is 5.54 Å². The van der Waals surface area contributed by atoms with Crippen molar-refractivity contribution in [2.45, 2.75) is 89.3 Å². The second-order valence-corrected chi connectivity index (χ2v) is 7.31. The van der Waals surface area contributed by atoms with E-state index in [2.05, 4.69) is 12.2 Å². The van der Waals surface area contributed by atoms with Gasteiger partial charge in [0.2, 0.25) is 11.8 Å². The zero-order valence-corrected chi connectivity index (χ0v) is 13.4. The summed E-state index contributed by atoms with van der Waals surface area (Å²) in [6.07, 6.45) is 9.98. The second-order valence-electron chi connectivity index (χ2n) is 7.31. The van der Waals surface area contributed by atoms with Gasteiger partial charge in [-0.2, -0.15) is 0 Å². The third kappa shape index (κ3) is 2.47. The third-order valence-corrected chi connectivity index (χ3v) is 6.03. The van der Waals surface area contributed by atoms with E-state index in [0.717, 1.165) is 25.7 Å². The summed E-state index contributed by atoms with van der Waals surface area (Å²) in [5, 5.41) is 3.05. The predicted octanol–water partition coefficient (Wildman–Crippen LogP) is 2.61. The molecule has 2 unspecified atom stereocenters. The Bertz CT molecular complexity index is 423. The van der Waals surface area contributed by atoms with Gasteiger partial charge in [0.15, 0.2) is 0 Å². The number of carbonyl (C=O) groups excluding carboxylic acids is 2. The number of piperazine rings is 1. The lowest BCUT2D eigenvalue weighted by atomic mass is 9.81. The van der Waals surface area contributed by atoms with Gasteiger partial charge >= 0.3 is 0 Å². The van der Waals surface area contributed by atoms with Crippen LogP contribution in [0.5, 0.6) is 0 Å². The summed E-state index contributed by atoms with van der Waals surface area (Å²) in [4.78, 5) is 27.4. The Kier molecular flexibility index (Phi) is 3.98. The van der Waals surface area contributed by atoms with Crippen molar-refractivity contribution in [1.29, 1.82) is 0 Å². The van der Waals surface area contributed by atoms with Crippen LogP contribution in [-0.4, -0.2) is 34.3 Å². The zero-order chi connectivity index (χ0) is 15.0. The van der Waals surface area contributed by atoms with Crippen LogP contribution in [0.25, 0.3) is 0 Å². The van der Waals surface area contributed by atoms with E-state index in [0.29, 0.717) is 5.92 Å². The number of nitrogens with zero attached hydrogens (tertiary/aromatic N) is 1. The molecule has 2 aliphatic carbocycles. The minimum Gasteiger partial charge on any atom is -0.340 e. The van der Waals surface area contributed by atoms with E-state index >= 15 is 0 Å². The molecule has 0 aromatic rings. The van der Waals surface area contributed by atoms with Gasteiger partial charge in [-0.3, -0.25) is 9.59 Å². The molecule has 21 heavy (non-hydrogen) atoms. The molecule has 1 N–H and O–H groups in total. The summed E-state index contributed by atoms with van der Waals surface area (Å²) < 4.78 is 0. The van der Waals surface area contributed by atoms with Crippen molar-refractivity contribution in [3.05, 3.63) is 0 Å². The van der Waals surface area contributed by atoms with Crippen molar-refractivity contribution in [3.8, 4) is 0 Å². The molecular weight excluding hydrogens is 264 g/mol. The van der Waals surface area contributed by atoms with E-state index in [4.69, 9.17) is 0 Å². The molecule has 4 heteroatoms. The molecule has 1 saturated heterocycles. The van der Waals surface area contributed by atoms with E-state index in [-0.39, 0.29) is 23.9 Å². The number of hydrogen-bond acceptors (Lipinski definition) is 2. The van der Waals surface area contributed by atoms with Crippen LogP contribution >= 0.6 is 0 Å². The quantitative estimate of drug-likeness (QED) is 0.850. The van der Waals surface area contributed by atoms with Crippen LogP contribution in [0.4, 0.5) is 0 Å². The van der Waals surface area contributed by atoms with E-state index in [1.807, 2.05) is 11.8 Å². The zero-order valence-electron chi connectivity index (χ0n) is 13.4. The highest BCUT2D eigenvalue weighted by atomic mass is 16.2. The Labute approximate surface area is 127 Å². The van der Waals surface area contributed by atoms with Crippen molar-refractivity contribution in [3.63, 3.8) is 0 Å². The molecule has 3 aliphatic rings. The number of carbonyl (C=O) groups is 2. The summed E-state index contributed by atoms with van der Waals surface area (Å²) in [5.41, 5.74) is -0.577. The molecule has 1 aliphatic heterocycles. The lowest BCUT2D eigenvalue weighted by Gasteiger charge is -2.48. The average molecular weight is 292 g/mol. The Morgan fingerprint density at radius 2 is 1.71 bits per heavy atom. The summed E-state index contributed by atoms with van der Waals surface area (Å²) in [6, 6.07) is -0.128. The standard InChI is InChI=1S/C17H28N2O2/c1-12(14-8-4-3-5-9-14)19-13(2)15(20)18-17(16(19)21)10-6-7-11-17/h12-14H,3-11H2,1-2H3,(H,18,20). The summed E-state index contributed by atoms with van der Waals surface area (Å²) in [6.45, 7) is 4.04. The van der Waals surface area contributed by atoms with E-state index in [1.165, 1.54) is 32.1 Å². The van der Waals surface area contributed by atoms with Crippen LogP contribution in [0.15, 0.2) is 0 Å². The fourth-order valence-corrected chi connectivity index (χ4v) is 4.64. The average Bonchev–Trinajstić information content (AvgIpc) is 2.96. The topological polar surface area (TPSA) is 49.4 Å². The highest BCUT2D eigenvalue weighted by Crippen LogP contribution is 2.38. The Hall–Kier alpha value is -1.06. The van der Waals surface area contributed by atoms with Gasteiger partial charge in [0, 0.05) is 6.04 Å². The maximum atomic E-state index is 13.1. The summed E-state index contributed by atoms with van der Waals surface area (Å²) in [5.74, 6) is 0.791. The number of rotatable bonds is 2. The molecular formula is C17H28N2O2. The van der Waals surface area contributed by atoms with Crippen molar-refractivity contribution in [2.75, 3.05) is 0 Å². The van der Waals surface area contributed by atoms with Crippen LogP contribution in [0.1, 0.15) is 71.6 Å². The second kappa shape index (κ2) is 5.62. The van der Waals surface area contributed by atoms with Crippen molar-refractivity contribution < 1.29 is 9.59 Å². The predicted molar refractivity (Wildman–Crippen MR) is 81.7 cm³/mol.